The number of carbonyl (C=O) groups is 1. The fourth-order valence-electron chi connectivity index (χ4n) is 4.42. The van der Waals surface area contributed by atoms with Crippen molar-refractivity contribution in [3.63, 3.8) is 0 Å². The van der Waals surface area contributed by atoms with Crippen molar-refractivity contribution in [3.8, 4) is 0 Å². The Hall–Kier alpha value is -1.36. The Morgan fingerprint density at radius 2 is 2.12 bits per heavy atom. The molecule has 25 heavy (non-hydrogen) atoms. The molecule has 0 N–H and O–H groups in total. The zero-order valence-electron chi connectivity index (χ0n) is 16.2. The normalized spacial score (nSPS) is 25.3. The molecule has 0 aliphatic carbocycles. The third kappa shape index (κ3) is 4.63. The Labute approximate surface area is 152 Å². The molecule has 1 atom stereocenters. The van der Waals surface area contributed by atoms with Crippen molar-refractivity contribution in [2.24, 2.45) is 11.3 Å². The van der Waals surface area contributed by atoms with Crippen molar-refractivity contribution < 1.29 is 4.79 Å². The number of aryl methyl sites for hydroxylation is 1. The van der Waals surface area contributed by atoms with Crippen molar-refractivity contribution in [3.05, 3.63) is 18.0 Å². The first-order valence-electron chi connectivity index (χ1n) is 10.0. The molecule has 2 fully saturated rings. The topological polar surface area (TPSA) is 41.4 Å². The zero-order chi connectivity index (χ0) is 17.9. The van der Waals surface area contributed by atoms with Gasteiger partial charge in [-0.1, -0.05) is 13.8 Å². The number of amides is 1. The zero-order valence-corrected chi connectivity index (χ0v) is 16.2. The average Bonchev–Trinajstić information content (AvgIpc) is 3.04. The second-order valence-electron chi connectivity index (χ2n) is 8.52. The average molecular weight is 347 g/mol. The summed E-state index contributed by atoms with van der Waals surface area (Å²) < 4.78 is 2.00. The largest absolute Gasteiger partial charge is 0.342 e. The van der Waals surface area contributed by atoms with E-state index >= 15 is 0 Å². The molecule has 2 aliphatic heterocycles. The molecule has 1 amide bonds. The van der Waals surface area contributed by atoms with Crippen LogP contribution in [0.25, 0.3) is 0 Å². The van der Waals surface area contributed by atoms with E-state index in [9.17, 15) is 4.79 Å². The number of aromatic nitrogens is 2. The van der Waals surface area contributed by atoms with Crippen LogP contribution in [0.15, 0.2) is 12.4 Å². The van der Waals surface area contributed by atoms with E-state index in [1.807, 2.05) is 10.9 Å². The lowest BCUT2D eigenvalue weighted by molar-refractivity contribution is -0.139. The number of likely N-dealkylation sites (tertiary alicyclic amines) is 2. The van der Waals surface area contributed by atoms with E-state index in [0.29, 0.717) is 17.2 Å². The first-order chi connectivity index (χ1) is 12.0. The van der Waals surface area contributed by atoms with Gasteiger partial charge in [0.15, 0.2) is 0 Å². The number of carbonyl (C=O) groups excluding carboxylic acids is 1. The standard InChI is InChI=1S/C20H34N4O/c1-4-24-14-18(12-21-24)13-22-10-5-8-20(15-22)9-6-19(25)23(16-20)11-7-17(2)3/h12,14,17H,4-11,13,15-16H2,1-3H3. The molecule has 2 saturated heterocycles. The minimum atomic E-state index is 0.309. The van der Waals surface area contributed by atoms with E-state index in [4.69, 9.17) is 0 Å². The minimum Gasteiger partial charge on any atom is -0.342 e. The van der Waals surface area contributed by atoms with Crippen LogP contribution in [0.5, 0.6) is 0 Å². The molecule has 0 aromatic carbocycles. The fourth-order valence-corrected chi connectivity index (χ4v) is 4.42. The molecular formula is C20H34N4O. The number of hydrogen-bond acceptors (Lipinski definition) is 3. The Kier molecular flexibility index (Phi) is 5.82. The molecular weight excluding hydrogens is 312 g/mol. The number of piperidine rings is 2. The van der Waals surface area contributed by atoms with Crippen molar-refractivity contribution >= 4 is 5.91 Å². The van der Waals surface area contributed by atoms with Gasteiger partial charge in [-0.15, -0.1) is 0 Å². The van der Waals surface area contributed by atoms with Gasteiger partial charge >= 0.3 is 0 Å². The molecule has 3 rings (SSSR count). The molecule has 1 unspecified atom stereocenters. The van der Waals surface area contributed by atoms with Crippen LogP contribution in [-0.4, -0.2) is 51.7 Å². The maximum Gasteiger partial charge on any atom is 0.222 e. The van der Waals surface area contributed by atoms with E-state index in [1.165, 1.54) is 24.9 Å². The van der Waals surface area contributed by atoms with Gasteiger partial charge in [-0.25, -0.2) is 0 Å². The summed E-state index contributed by atoms with van der Waals surface area (Å²) in [4.78, 5) is 17.1. The third-order valence-electron chi connectivity index (χ3n) is 5.88. The molecule has 1 aromatic rings. The van der Waals surface area contributed by atoms with E-state index in [0.717, 1.165) is 52.0 Å². The van der Waals surface area contributed by atoms with Crippen molar-refractivity contribution in [1.82, 2.24) is 19.6 Å². The van der Waals surface area contributed by atoms with Gasteiger partial charge in [-0.3, -0.25) is 14.4 Å². The predicted molar refractivity (Wildman–Crippen MR) is 100 cm³/mol. The number of nitrogens with zero attached hydrogens (tertiary/aromatic N) is 4. The highest BCUT2D eigenvalue weighted by Crippen LogP contribution is 2.39. The Morgan fingerprint density at radius 3 is 2.84 bits per heavy atom. The van der Waals surface area contributed by atoms with Crippen LogP contribution in [0.4, 0.5) is 0 Å². The van der Waals surface area contributed by atoms with Crippen LogP contribution in [0.2, 0.25) is 0 Å². The molecule has 5 nitrogen and oxygen atoms in total. The molecule has 140 valence electrons. The van der Waals surface area contributed by atoms with Gasteiger partial charge in [0.25, 0.3) is 0 Å². The molecule has 5 heteroatoms. The van der Waals surface area contributed by atoms with E-state index < -0.39 is 0 Å². The second-order valence-corrected chi connectivity index (χ2v) is 8.52. The highest BCUT2D eigenvalue weighted by molar-refractivity contribution is 5.77. The van der Waals surface area contributed by atoms with Crippen molar-refractivity contribution in [2.75, 3.05) is 26.2 Å². The first-order valence-corrected chi connectivity index (χ1v) is 10.0. The van der Waals surface area contributed by atoms with Gasteiger partial charge in [0.1, 0.15) is 0 Å². The van der Waals surface area contributed by atoms with Crippen LogP contribution < -0.4 is 0 Å². The first kappa shape index (κ1) is 18.4. The van der Waals surface area contributed by atoms with Gasteiger partial charge in [-0.2, -0.15) is 5.10 Å². The Balaban J connectivity index is 1.61. The molecule has 0 bridgehead atoms. The van der Waals surface area contributed by atoms with Crippen molar-refractivity contribution in [1.29, 1.82) is 0 Å². The van der Waals surface area contributed by atoms with E-state index in [-0.39, 0.29) is 0 Å². The summed E-state index contributed by atoms with van der Waals surface area (Å²) in [7, 11) is 0. The number of hydrogen-bond donors (Lipinski definition) is 0. The lowest BCUT2D eigenvalue weighted by Gasteiger charge is -2.48. The summed E-state index contributed by atoms with van der Waals surface area (Å²) in [6.45, 7) is 12.7. The van der Waals surface area contributed by atoms with Crippen LogP contribution in [0.1, 0.15) is 58.4 Å². The Morgan fingerprint density at radius 1 is 1.28 bits per heavy atom. The van der Waals surface area contributed by atoms with Crippen LogP contribution in [0, 0.1) is 11.3 Å². The highest BCUT2D eigenvalue weighted by atomic mass is 16.2. The third-order valence-corrected chi connectivity index (χ3v) is 5.88. The predicted octanol–water partition coefficient (Wildman–Crippen LogP) is 3.15. The van der Waals surface area contributed by atoms with Gasteiger partial charge in [0.2, 0.25) is 5.91 Å². The maximum atomic E-state index is 12.3. The summed E-state index contributed by atoms with van der Waals surface area (Å²) in [5.41, 5.74) is 1.62. The molecule has 3 heterocycles. The number of rotatable bonds is 6. The van der Waals surface area contributed by atoms with Gasteiger partial charge < -0.3 is 4.90 Å². The molecule has 1 spiro atoms. The van der Waals surface area contributed by atoms with Gasteiger partial charge in [-0.05, 0) is 45.1 Å². The monoisotopic (exact) mass is 346 g/mol. The lowest BCUT2D eigenvalue weighted by atomic mass is 9.73. The second kappa shape index (κ2) is 7.90. The summed E-state index contributed by atoms with van der Waals surface area (Å²) in [6, 6.07) is 0. The quantitative estimate of drug-likeness (QED) is 0.794. The van der Waals surface area contributed by atoms with E-state index in [1.54, 1.807) is 0 Å². The minimum absolute atomic E-state index is 0.309. The maximum absolute atomic E-state index is 12.3. The Bertz CT molecular complexity index is 582. The molecule has 0 saturated carbocycles. The van der Waals surface area contributed by atoms with Crippen molar-refractivity contribution in [2.45, 2.75) is 66.0 Å². The molecule has 0 radical (unpaired) electrons. The lowest BCUT2D eigenvalue weighted by Crippen LogP contribution is -2.54. The SMILES string of the molecule is CCn1cc(CN2CCCC3(CCC(=O)N(CCC(C)C)C3)C2)cn1. The van der Waals surface area contributed by atoms with Crippen LogP contribution in [-0.2, 0) is 17.9 Å². The summed E-state index contributed by atoms with van der Waals surface area (Å²) in [6.07, 6.45) is 9.60. The highest BCUT2D eigenvalue weighted by Gasteiger charge is 2.41. The smallest absolute Gasteiger partial charge is 0.222 e. The molecule has 2 aliphatic rings. The van der Waals surface area contributed by atoms with Crippen LogP contribution in [0.3, 0.4) is 0 Å². The van der Waals surface area contributed by atoms with E-state index in [2.05, 4.69) is 41.9 Å². The molecule has 1 aromatic heterocycles. The van der Waals surface area contributed by atoms with Crippen LogP contribution >= 0.6 is 0 Å². The summed E-state index contributed by atoms with van der Waals surface area (Å²) in [5, 5.41) is 4.40. The van der Waals surface area contributed by atoms with Gasteiger partial charge in [0.05, 0.1) is 6.20 Å². The fraction of sp³-hybridized carbons (Fsp3) is 0.800. The summed E-state index contributed by atoms with van der Waals surface area (Å²) in [5.74, 6) is 1.02. The summed E-state index contributed by atoms with van der Waals surface area (Å²) >= 11 is 0. The van der Waals surface area contributed by atoms with Gasteiger partial charge in [0, 0.05) is 56.3 Å².